The number of imidazole rings is 1. The van der Waals surface area contributed by atoms with Crippen molar-refractivity contribution in [1.29, 1.82) is 0 Å². The standard InChI is InChI=1S/C10H10ClN5O4S/c11-21(19,20)9-5-14(13-10(9)16(17)18)4-8-3-12-6-15(8)7-1-2-7/h3,5-7H,1-2,4H2. The van der Waals surface area contributed by atoms with E-state index in [0.29, 0.717) is 6.04 Å². The van der Waals surface area contributed by atoms with Crippen molar-refractivity contribution < 1.29 is 13.3 Å². The molecule has 2 heterocycles. The molecule has 0 bridgehead atoms. The molecule has 0 aromatic carbocycles. The predicted octanol–water partition coefficient (Wildman–Crippen LogP) is 1.30. The van der Waals surface area contributed by atoms with E-state index < -0.39 is 24.7 Å². The summed E-state index contributed by atoms with van der Waals surface area (Å²) in [5.41, 5.74) is 0.799. The highest BCUT2D eigenvalue weighted by molar-refractivity contribution is 8.13. The summed E-state index contributed by atoms with van der Waals surface area (Å²) in [7, 11) is 0.966. The van der Waals surface area contributed by atoms with Crippen LogP contribution in [0.25, 0.3) is 0 Å². The topological polar surface area (TPSA) is 113 Å². The summed E-state index contributed by atoms with van der Waals surface area (Å²) < 4.78 is 25.8. The fraction of sp³-hybridized carbons (Fsp3) is 0.400. The summed E-state index contributed by atoms with van der Waals surface area (Å²) >= 11 is 0. The molecule has 1 fully saturated rings. The van der Waals surface area contributed by atoms with Crippen LogP contribution in [0.5, 0.6) is 0 Å². The van der Waals surface area contributed by atoms with Gasteiger partial charge in [-0.25, -0.2) is 13.4 Å². The molecule has 3 rings (SSSR count). The van der Waals surface area contributed by atoms with Gasteiger partial charge < -0.3 is 14.7 Å². The van der Waals surface area contributed by atoms with E-state index in [4.69, 9.17) is 10.7 Å². The van der Waals surface area contributed by atoms with Crippen LogP contribution < -0.4 is 0 Å². The van der Waals surface area contributed by atoms with E-state index in [-0.39, 0.29) is 6.54 Å². The summed E-state index contributed by atoms with van der Waals surface area (Å²) in [6.45, 7) is 0.184. The average molecular weight is 332 g/mol. The second-order valence-corrected chi connectivity index (χ2v) is 7.27. The minimum atomic E-state index is -4.23. The monoisotopic (exact) mass is 331 g/mol. The number of hydrogen-bond acceptors (Lipinski definition) is 6. The summed E-state index contributed by atoms with van der Waals surface area (Å²) in [4.78, 5) is 13.4. The number of aromatic nitrogens is 4. The largest absolute Gasteiger partial charge is 0.410 e. The van der Waals surface area contributed by atoms with E-state index in [1.165, 1.54) is 4.68 Å². The molecule has 0 saturated heterocycles. The van der Waals surface area contributed by atoms with Gasteiger partial charge in [0.1, 0.15) is 6.54 Å². The van der Waals surface area contributed by atoms with Gasteiger partial charge in [-0.05, 0) is 17.8 Å². The lowest BCUT2D eigenvalue weighted by molar-refractivity contribution is -0.392. The van der Waals surface area contributed by atoms with Gasteiger partial charge in [0.25, 0.3) is 9.05 Å². The van der Waals surface area contributed by atoms with Crippen LogP contribution in [0.4, 0.5) is 5.82 Å². The van der Waals surface area contributed by atoms with E-state index in [1.807, 2.05) is 4.57 Å². The SMILES string of the molecule is O=[N+]([O-])c1nn(Cc2cncn2C2CC2)cc1S(=O)(=O)Cl. The third-order valence-corrected chi connectivity index (χ3v) is 4.47. The average Bonchev–Trinajstić information content (AvgIpc) is 2.96. The Morgan fingerprint density at radius 1 is 1.48 bits per heavy atom. The van der Waals surface area contributed by atoms with Gasteiger partial charge in [0.2, 0.25) is 4.90 Å². The van der Waals surface area contributed by atoms with Gasteiger partial charge in [0.05, 0.1) is 29.5 Å². The summed E-state index contributed by atoms with van der Waals surface area (Å²) in [6.07, 6.45) is 6.49. The Hall–Kier alpha value is -1.94. The smallest absolute Gasteiger partial charge is 0.358 e. The van der Waals surface area contributed by atoms with Crippen molar-refractivity contribution in [1.82, 2.24) is 19.3 Å². The number of nitrogens with zero attached hydrogens (tertiary/aromatic N) is 5. The maximum absolute atomic E-state index is 11.3. The van der Waals surface area contributed by atoms with E-state index in [0.717, 1.165) is 24.7 Å². The highest BCUT2D eigenvalue weighted by atomic mass is 35.7. The Morgan fingerprint density at radius 3 is 2.71 bits per heavy atom. The molecule has 0 aliphatic heterocycles. The minimum Gasteiger partial charge on any atom is -0.358 e. The molecule has 0 radical (unpaired) electrons. The summed E-state index contributed by atoms with van der Waals surface area (Å²) in [5, 5.41) is 14.5. The third kappa shape index (κ3) is 2.76. The zero-order valence-electron chi connectivity index (χ0n) is 10.6. The molecular formula is C10H10ClN5O4S. The molecule has 0 unspecified atom stereocenters. The quantitative estimate of drug-likeness (QED) is 0.463. The van der Waals surface area contributed by atoms with E-state index in [2.05, 4.69) is 10.1 Å². The molecule has 9 nitrogen and oxygen atoms in total. The van der Waals surface area contributed by atoms with Crippen LogP contribution in [-0.2, 0) is 15.6 Å². The van der Waals surface area contributed by atoms with Crippen molar-refractivity contribution in [2.45, 2.75) is 30.3 Å². The van der Waals surface area contributed by atoms with Gasteiger partial charge in [-0.3, -0.25) is 0 Å². The molecule has 112 valence electrons. The van der Waals surface area contributed by atoms with Crippen molar-refractivity contribution in [2.24, 2.45) is 0 Å². The Morgan fingerprint density at radius 2 is 2.19 bits per heavy atom. The van der Waals surface area contributed by atoms with Crippen LogP contribution in [0.3, 0.4) is 0 Å². The minimum absolute atomic E-state index is 0.184. The predicted molar refractivity (Wildman–Crippen MR) is 71.5 cm³/mol. The first-order valence-corrected chi connectivity index (χ1v) is 8.34. The fourth-order valence-electron chi connectivity index (χ4n) is 2.07. The van der Waals surface area contributed by atoms with Crippen LogP contribution in [0, 0.1) is 10.1 Å². The third-order valence-electron chi connectivity index (χ3n) is 3.16. The molecule has 1 saturated carbocycles. The molecule has 1 aliphatic rings. The fourth-order valence-corrected chi connectivity index (χ4v) is 2.98. The Bertz CT molecular complexity index is 807. The lowest BCUT2D eigenvalue weighted by atomic mass is 10.4. The van der Waals surface area contributed by atoms with E-state index in [1.54, 1.807) is 12.5 Å². The van der Waals surface area contributed by atoms with E-state index >= 15 is 0 Å². The Labute approximate surface area is 123 Å². The number of nitro groups is 1. The highest BCUT2D eigenvalue weighted by Crippen LogP contribution is 2.35. The molecule has 0 atom stereocenters. The second-order valence-electron chi connectivity index (χ2n) is 4.73. The first kappa shape index (κ1) is 14.0. The van der Waals surface area contributed by atoms with Crippen molar-refractivity contribution in [2.75, 3.05) is 0 Å². The molecule has 2 aromatic rings. The van der Waals surface area contributed by atoms with Crippen molar-refractivity contribution in [3.05, 3.63) is 34.5 Å². The lowest BCUT2D eigenvalue weighted by Crippen LogP contribution is -2.06. The maximum atomic E-state index is 11.3. The number of halogens is 1. The van der Waals surface area contributed by atoms with Crippen molar-refractivity contribution in [3.63, 3.8) is 0 Å². The maximum Gasteiger partial charge on any atom is 0.410 e. The van der Waals surface area contributed by atoms with Crippen LogP contribution in [0.2, 0.25) is 0 Å². The van der Waals surface area contributed by atoms with Gasteiger partial charge in [0, 0.05) is 16.7 Å². The molecule has 21 heavy (non-hydrogen) atoms. The molecular weight excluding hydrogens is 322 g/mol. The molecule has 0 N–H and O–H groups in total. The van der Waals surface area contributed by atoms with Crippen molar-refractivity contribution in [3.8, 4) is 0 Å². The molecule has 1 aliphatic carbocycles. The zero-order valence-corrected chi connectivity index (χ0v) is 12.2. The van der Waals surface area contributed by atoms with Crippen LogP contribution >= 0.6 is 10.7 Å². The summed E-state index contributed by atoms with van der Waals surface area (Å²) in [5.74, 6) is -0.775. The molecule has 2 aromatic heterocycles. The number of rotatable bonds is 5. The Kier molecular flexibility index (Phi) is 3.21. The first-order chi connectivity index (χ1) is 9.86. The van der Waals surface area contributed by atoms with Gasteiger partial charge in [-0.1, -0.05) is 0 Å². The zero-order chi connectivity index (χ0) is 15.2. The molecule has 0 amide bonds. The normalized spacial score (nSPS) is 15.3. The molecule has 0 spiro atoms. The summed E-state index contributed by atoms with van der Waals surface area (Å²) in [6, 6.07) is 0.393. The van der Waals surface area contributed by atoms with Crippen LogP contribution in [0.1, 0.15) is 24.6 Å². The van der Waals surface area contributed by atoms with Gasteiger partial charge in [-0.2, -0.15) is 4.68 Å². The van der Waals surface area contributed by atoms with Gasteiger partial charge >= 0.3 is 5.82 Å². The van der Waals surface area contributed by atoms with Crippen molar-refractivity contribution >= 4 is 25.6 Å². The number of hydrogen-bond donors (Lipinski definition) is 0. The highest BCUT2D eigenvalue weighted by Gasteiger charge is 2.31. The van der Waals surface area contributed by atoms with Crippen LogP contribution in [-0.4, -0.2) is 32.7 Å². The first-order valence-electron chi connectivity index (χ1n) is 6.03. The van der Waals surface area contributed by atoms with E-state index in [9.17, 15) is 18.5 Å². The van der Waals surface area contributed by atoms with Crippen LogP contribution in [0.15, 0.2) is 23.6 Å². The molecule has 11 heteroatoms. The van der Waals surface area contributed by atoms with Gasteiger partial charge in [-0.15, -0.1) is 0 Å². The Balaban J connectivity index is 1.96. The van der Waals surface area contributed by atoms with Gasteiger partial charge in [0.15, 0.2) is 0 Å². The lowest BCUT2D eigenvalue weighted by Gasteiger charge is -2.03. The second kappa shape index (κ2) is 4.81.